The lowest BCUT2D eigenvalue weighted by atomic mass is 10.1. The molecule has 2 aliphatic rings. The summed E-state index contributed by atoms with van der Waals surface area (Å²) in [6.07, 6.45) is 8.31. The van der Waals surface area contributed by atoms with E-state index in [1.807, 2.05) is 21.6 Å². The number of hydrogen-bond donors (Lipinski definition) is 1. The Morgan fingerprint density at radius 2 is 1.79 bits per heavy atom. The number of benzene rings is 1. The van der Waals surface area contributed by atoms with E-state index < -0.39 is 8.32 Å². The zero-order chi connectivity index (χ0) is 29.3. The first-order valence-electron chi connectivity index (χ1n) is 14.9. The molecule has 2 saturated heterocycles. The molecule has 1 N–H and O–H groups in total. The van der Waals surface area contributed by atoms with Gasteiger partial charge in [0.15, 0.2) is 26.0 Å². The molecule has 1 atom stereocenters. The SMILES string of the molecule is CC(C)(C)[Si](C)(C)OCc1c(-c2cnc(Nc3ccc(N4CCOCC4)cc3)c3ncnn23)cnn1C1CCCCO1. The van der Waals surface area contributed by atoms with E-state index in [0.29, 0.717) is 18.1 Å². The van der Waals surface area contributed by atoms with Crippen LogP contribution in [0.25, 0.3) is 16.9 Å². The summed E-state index contributed by atoms with van der Waals surface area (Å²) in [6.45, 7) is 15.8. The quantitative estimate of drug-likeness (QED) is 0.255. The van der Waals surface area contributed by atoms with Crippen molar-refractivity contribution in [3.05, 3.63) is 48.7 Å². The maximum absolute atomic E-state index is 6.72. The summed E-state index contributed by atoms with van der Waals surface area (Å²) in [5.74, 6) is 0.637. The summed E-state index contributed by atoms with van der Waals surface area (Å²) in [5, 5.41) is 12.9. The first kappa shape index (κ1) is 28.8. The molecule has 6 rings (SSSR count). The van der Waals surface area contributed by atoms with Crippen molar-refractivity contribution >= 4 is 31.2 Å². The second kappa shape index (κ2) is 11.7. The molecule has 0 radical (unpaired) electrons. The van der Waals surface area contributed by atoms with Gasteiger partial charge in [-0.05, 0) is 61.7 Å². The van der Waals surface area contributed by atoms with Crippen LogP contribution in [0.2, 0.25) is 18.1 Å². The van der Waals surface area contributed by atoms with Crippen molar-refractivity contribution < 1.29 is 13.9 Å². The third kappa shape index (κ3) is 5.81. The number of nitrogens with one attached hydrogen (secondary N) is 1. The molecule has 12 heteroatoms. The predicted octanol–water partition coefficient (Wildman–Crippen LogP) is 5.79. The highest BCUT2D eigenvalue weighted by molar-refractivity contribution is 6.74. The Bertz CT molecular complexity index is 1500. The van der Waals surface area contributed by atoms with Crippen LogP contribution in [-0.2, 0) is 20.5 Å². The topological polar surface area (TPSA) is 104 Å². The molecule has 1 unspecified atom stereocenters. The van der Waals surface area contributed by atoms with E-state index in [9.17, 15) is 0 Å². The van der Waals surface area contributed by atoms with Crippen LogP contribution in [-0.4, -0.2) is 70.6 Å². The fraction of sp³-hybridized carbons (Fsp3) is 0.533. The van der Waals surface area contributed by atoms with Gasteiger partial charge in [0.05, 0.1) is 43.6 Å². The van der Waals surface area contributed by atoms with Gasteiger partial charge in [0.25, 0.3) is 0 Å². The predicted molar refractivity (Wildman–Crippen MR) is 166 cm³/mol. The van der Waals surface area contributed by atoms with E-state index >= 15 is 0 Å². The maximum Gasteiger partial charge on any atom is 0.199 e. The van der Waals surface area contributed by atoms with Crippen molar-refractivity contribution in [3.8, 4) is 11.3 Å². The smallest absolute Gasteiger partial charge is 0.199 e. The van der Waals surface area contributed by atoms with Gasteiger partial charge in [-0.25, -0.2) is 19.2 Å². The number of aromatic nitrogens is 6. The molecular weight excluding hydrogens is 548 g/mol. The third-order valence-corrected chi connectivity index (χ3v) is 13.3. The second-order valence-corrected chi connectivity index (χ2v) is 17.4. The number of hydrogen-bond acceptors (Lipinski definition) is 9. The van der Waals surface area contributed by atoms with Crippen LogP contribution in [0.1, 0.15) is 52.0 Å². The highest BCUT2D eigenvalue weighted by atomic mass is 28.4. The minimum absolute atomic E-state index is 0.0911. The first-order chi connectivity index (χ1) is 20.2. The normalized spacial score (nSPS) is 18.5. The highest BCUT2D eigenvalue weighted by Crippen LogP contribution is 2.38. The summed E-state index contributed by atoms with van der Waals surface area (Å²) in [7, 11) is -2.02. The average molecular weight is 591 g/mol. The van der Waals surface area contributed by atoms with Crippen molar-refractivity contribution in [2.24, 2.45) is 0 Å². The van der Waals surface area contributed by atoms with E-state index in [2.05, 4.69) is 78.4 Å². The summed E-state index contributed by atoms with van der Waals surface area (Å²) in [5.41, 5.74) is 5.47. The molecule has 0 saturated carbocycles. The number of rotatable bonds is 8. The lowest BCUT2D eigenvalue weighted by Gasteiger charge is -2.36. The van der Waals surface area contributed by atoms with Crippen LogP contribution in [0, 0.1) is 0 Å². The third-order valence-electron chi connectivity index (χ3n) is 8.79. The molecule has 0 amide bonds. The number of ether oxygens (including phenoxy) is 2. The van der Waals surface area contributed by atoms with Crippen molar-refractivity contribution in [2.45, 2.75) is 71.0 Å². The van der Waals surface area contributed by atoms with Gasteiger partial charge in [-0.3, -0.25) is 0 Å². The molecule has 0 spiro atoms. The Kier molecular flexibility index (Phi) is 8.05. The Labute approximate surface area is 248 Å². The van der Waals surface area contributed by atoms with Crippen LogP contribution in [0.3, 0.4) is 0 Å². The molecule has 11 nitrogen and oxygen atoms in total. The summed E-state index contributed by atoms with van der Waals surface area (Å²) < 4.78 is 22.2. The van der Waals surface area contributed by atoms with Gasteiger partial charge in [-0.15, -0.1) is 0 Å². The Morgan fingerprint density at radius 3 is 2.50 bits per heavy atom. The van der Waals surface area contributed by atoms with Gasteiger partial charge in [0.1, 0.15) is 6.33 Å². The van der Waals surface area contributed by atoms with E-state index in [-0.39, 0.29) is 11.3 Å². The maximum atomic E-state index is 6.72. The van der Waals surface area contributed by atoms with Gasteiger partial charge in [-0.2, -0.15) is 10.2 Å². The molecule has 42 heavy (non-hydrogen) atoms. The van der Waals surface area contributed by atoms with E-state index in [1.54, 1.807) is 6.33 Å². The largest absolute Gasteiger partial charge is 0.411 e. The minimum Gasteiger partial charge on any atom is -0.411 e. The first-order valence-corrected chi connectivity index (χ1v) is 17.8. The van der Waals surface area contributed by atoms with Gasteiger partial charge in [-0.1, -0.05) is 20.8 Å². The molecule has 3 aromatic heterocycles. The Hall–Kier alpha value is -3.32. The van der Waals surface area contributed by atoms with Crippen molar-refractivity contribution in [2.75, 3.05) is 43.1 Å². The fourth-order valence-electron chi connectivity index (χ4n) is 5.18. The van der Waals surface area contributed by atoms with E-state index in [4.69, 9.17) is 24.0 Å². The van der Waals surface area contributed by atoms with Crippen LogP contribution < -0.4 is 10.2 Å². The van der Waals surface area contributed by atoms with Gasteiger partial charge >= 0.3 is 0 Å². The van der Waals surface area contributed by atoms with E-state index in [1.165, 1.54) is 5.69 Å². The van der Waals surface area contributed by atoms with Crippen LogP contribution in [0.15, 0.2) is 43.0 Å². The lowest BCUT2D eigenvalue weighted by Crippen LogP contribution is -2.40. The molecule has 2 fully saturated rings. The van der Waals surface area contributed by atoms with Crippen molar-refractivity contribution in [1.29, 1.82) is 0 Å². The number of morpholine rings is 1. The molecule has 0 aliphatic carbocycles. The Morgan fingerprint density at radius 1 is 1.00 bits per heavy atom. The van der Waals surface area contributed by atoms with Crippen molar-refractivity contribution in [3.63, 3.8) is 0 Å². The van der Waals surface area contributed by atoms with Crippen molar-refractivity contribution in [1.82, 2.24) is 29.4 Å². The molecule has 2 aliphatic heterocycles. The van der Waals surface area contributed by atoms with Crippen LogP contribution in [0.5, 0.6) is 0 Å². The Balaban J connectivity index is 1.30. The lowest BCUT2D eigenvalue weighted by molar-refractivity contribution is -0.0424. The molecule has 4 aromatic rings. The number of nitrogens with zero attached hydrogens (tertiary/aromatic N) is 7. The second-order valence-electron chi connectivity index (χ2n) is 12.6. The zero-order valence-electron chi connectivity index (χ0n) is 25.3. The van der Waals surface area contributed by atoms with Gasteiger partial charge < -0.3 is 24.1 Å². The van der Waals surface area contributed by atoms with Crippen LogP contribution >= 0.6 is 0 Å². The number of fused-ring (bicyclic) bond motifs is 1. The monoisotopic (exact) mass is 590 g/mol. The van der Waals surface area contributed by atoms with Gasteiger partial charge in [0.2, 0.25) is 0 Å². The zero-order valence-corrected chi connectivity index (χ0v) is 26.3. The summed E-state index contributed by atoms with van der Waals surface area (Å²) in [4.78, 5) is 11.7. The van der Waals surface area contributed by atoms with Gasteiger partial charge in [0, 0.05) is 36.6 Å². The minimum atomic E-state index is -2.02. The molecule has 1 aromatic carbocycles. The standard InChI is InChI=1S/C30H42N8O3Si/c1-30(2,3)42(4,5)41-20-26-24(18-33-37(26)27-8-6-7-15-40-27)25-19-31-28(29-32-21-34-38(25)29)35-22-9-11-23(12-10-22)36-13-16-39-17-14-36/h9-12,18-19,21,27H,6-8,13-17,20H2,1-5H3,(H,31,35). The summed E-state index contributed by atoms with van der Waals surface area (Å²) >= 11 is 0. The molecule has 5 heterocycles. The molecule has 224 valence electrons. The summed E-state index contributed by atoms with van der Waals surface area (Å²) in [6, 6.07) is 8.38. The molecular formula is C30H42N8O3Si. The van der Waals surface area contributed by atoms with E-state index in [0.717, 1.165) is 74.8 Å². The average Bonchev–Trinajstić information content (AvgIpc) is 3.65. The fourth-order valence-corrected chi connectivity index (χ4v) is 6.11. The number of anilines is 3. The molecule has 0 bridgehead atoms. The highest BCUT2D eigenvalue weighted by Gasteiger charge is 2.38. The van der Waals surface area contributed by atoms with Crippen LogP contribution in [0.4, 0.5) is 17.2 Å².